The fraction of sp³-hybridized carbons (Fsp3) is 0.474. The molecule has 1 aromatic heterocycles. The molecule has 2 unspecified atom stereocenters. The van der Waals surface area contributed by atoms with Crippen LogP contribution in [-0.2, 0) is 19.4 Å². The molecule has 1 aromatic carbocycles. The van der Waals surface area contributed by atoms with E-state index in [0.29, 0.717) is 24.5 Å². The molecule has 0 bridgehead atoms. The third-order valence-electron chi connectivity index (χ3n) is 4.65. The fourth-order valence-corrected chi connectivity index (χ4v) is 4.18. The van der Waals surface area contributed by atoms with Gasteiger partial charge in [0.2, 0.25) is 0 Å². The molecule has 0 saturated heterocycles. The molecule has 3 rings (SSSR count). The Hall–Kier alpha value is -1.88. The zero-order chi connectivity index (χ0) is 16.9. The van der Waals surface area contributed by atoms with Gasteiger partial charge in [-0.15, -0.1) is 11.3 Å². The van der Waals surface area contributed by atoms with Crippen LogP contribution in [0.1, 0.15) is 53.7 Å². The Morgan fingerprint density at radius 2 is 2.21 bits per heavy atom. The highest BCUT2D eigenvalue weighted by atomic mass is 32.1. The lowest BCUT2D eigenvalue weighted by molar-refractivity contribution is 0.584. The lowest BCUT2D eigenvalue weighted by Crippen LogP contribution is -2.38. The number of thiazole rings is 1. The zero-order valence-corrected chi connectivity index (χ0v) is 15.3. The molecule has 4 nitrogen and oxygen atoms in total. The van der Waals surface area contributed by atoms with Gasteiger partial charge in [-0.05, 0) is 44.1 Å². The molecular weight excluding hydrogens is 316 g/mol. The summed E-state index contributed by atoms with van der Waals surface area (Å²) in [6.45, 7) is 4.81. The highest BCUT2D eigenvalue weighted by Crippen LogP contribution is 2.35. The maximum absolute atomic E-state index is 5.93. The molecule has 0 fully saturated rings. The van der Waals surface area contributed by atoms with Crippen molar-refractivity contribution in [1.29, 1.82) is 0 Å². The molecular formula is C19H26N4S. The Labute approximate surface area is 148 Å². The van der Waals surface area contributed by atoms with Crippen molar-refractivity contribution in [3.63, 3.8) is 0 Å². The minimum Gasteiger partial charge on any atom is -0.370 e. The Morgan fingerprint density at radius 1 is 1.42 bits per heavy atom. The molecule has 0 aliphatic heterocycles. The van der Waals surface area contributed by atoms with Gasteiger partial charge in [-0.3, -0.25) is 0 Å². The van der Waals surface area contributed by atoms with Crippen molar-refractivity contribution >= 4 is 17.3 Å². The summed E-state index contributed by atoms with van der Waals surface area (Å²) in [6.07, 6.45) is 4.38. The average molecular weight is 343 g/mol. The van der Waals surface area contributed by atoms with Crippen LogP contribution in [0.4, 0.5) is 0 Å². The van der Waals surface area contributed by atoms with E-state index in [2.05, 4.69) is 54.5 Å². The van der Waals surface area contributed by atoms with Gasteiger partial charge >= 0.3 is 0 Å². The highest BCUT2D eigenvalue weighted by Gasteiger charge is 2.23. The van der Waals surface area contributed by atoms with Gasteiger partial charge in [0, 0.05) is 10.9 Å². The minimum absolute atomic E-state index is 0.352. The highest BCUT2D eigenvalue weighted by molar-refractivity contribution is 7.11. The number of hydrogen-bond donors (Lipinski definition) is 2. The quantitative estimate of drug-likeness (QED) is 0.644. The Kier molecular flexibility index (Phi) is 5.51. The normalized spacial score (nSPS) is 18.9. The zero-order valence-electron chi connectivity index (χ0n) is 14.5. The van der Waals surface area contributed by atoms with Crippen LogP contribution in [0.25, 0.3) is 0 Å². The second-order valence-corrected chi connectivity index (χ2v) is 7.65. The maximum atomic E-state index is 5.93. The topological polar surface area (TPSA) is 63.3 Å². The third kappa shape index (κ3) is 4.15. The van der Waals surface area contributed by atoms with Crippen molar-refractivity contribution in [2.45, 2.75) is 58.0 Å². The van der Waals surface area contributed by atoms with E-state index in [-0.39, 0.29) is 0 Å². The third-order valence-corrected chi connectivity index (χ3v) is 5.75. The summed E-state index contributed by atoms with van der Waals surface area (Å²) in [4.78, 5) is 10.6. The molecule has 2 atom stereocenters. The fourth-order valence-electron chi connectivity index (χ4n) is 3.06. The number of hydrogen-bond acceptors (Lipinski definition) is 3. The minimum atomic E-state index is 0.352. The maximum Gasteiger partial charge on any atom is 0.189 e. The first kappa shape index (κ1) is 17.0. The molecule has 24 heavy (non-hydrogen) atoms. The van der Waals surface area contributed by atoms with Crippen LogP contribution < -0.4 is 11.1 Å². The summed E-state index contributed by atoms with van der Waals surface area (Å²) in [5.74, 6) is 1.13. The Bertz CT molecular complexity index is 693. The molecule has 0 spiro atoms. The number of nitrogens with zero attached hydrogens (tertiary/aromatic N) is 2. The second kappa shape index (κ2) is 7.79. The van der Waals surface area contributed by atoms with Crippen molar-refractivity contribution in [3.8, 4) is 0 Å². The van der Waals surface area contributed by atoms with Gasteiger partial charge in [0.1, 0.15) is 5.01 Å². The molecule has 1 heterocycles. The number of aromatic nitrogens is 1. The van der Waals surface area contributed by atoms with E-state index in [1.54, 1.807) is 11.3 Å². The number of fused-ring (bicyclic) bond motifs is 1. The smallest absolute Gasteiger partial charge is 0.189 e. The van der Waals surface area contributed by atoms with E-state index in [9.17, 15) is 0 Å². The van der Waals surface area contributed by atoms with Crippen molar-refractivity contribution in [3.05, 3.63) is 51.5 Å². The molecule has 5 heteroatoms. The first-order valence-electron chi connectivity index (χ1n) is 8.74. The van der Waals surface area contributed by atoms with Crippen molar-refractivity contribution in [2.24, 2.45) is 10.7 Å². The standard InChI is InChI=1S/C19H26N4S/c1-3-13(2)22-19(20)21-12-18-23-16-10-9-15(11-17(16)24-18)14-7-5-4-6-8-14/h4-8,13,15H,3,9-12H2,1-2H3,(H3,20,21,22). The second-order valence-electron chi connectivity index (χ2n) is 6.48. The van der Waals surface area contributed by atoms with Gasteiger partial charge in [-0.2, -0.15) is 0 Å². The number of aliphatic imine (C=N–C) groups is 1. The molecule has 2 aromatic rings. The molecule has 0 radical (unpaired) electrons. The van der Waals surface area contributed by atoms with Gasteiger partial charge in [-0.25, -0.2) is 9.98 Å². The molecule has 0 amide bonds. The van der Waals surface area contributed by atoms with Gasteiger partial charge in [0.15, 0.2) is 5.96 Å². The molecule has 1 aliphatic carbocycles. The number of nitrogens with one attached hydrogen (secondary N) is 1. The number of benzene rings is 1. The van der Waals surface area contributed by atoms with Crippen molar-refractivity contribution in [2.75, 3.05) is 0 Å². The SMILES string of the molecule is CCC(C)NC(N)=NCc1nc2c(s1)CC(c1ccccc1)CC2. The molecule has 0 saturated carbocycles. The summed E-state index contributed by atoms with van der Waals surface area (Å²) in [5, 5.41) is 4.27. The van der Waals surface area contributed by atoms with Crippen LogP contribution in [-0.4, -0.2) is 17.0 Å². The van der Waals surface area contributed by atoms with Gasteiger partial charge in [0.25, 0.3) is 0 Å². The molecule has 3 N–H and O–H groups in total. The van der Waals surface area contributed by atoms with Crippen LogP contribution >= 0.6 is 11.3 Å². The van der Waals surface area contributed by atoms with Crippen LogP contribution in [0.15, 0.2) is 35.3 Å². The van der Waals surface area contributed by atoms with Gasteiger partial charge < -0.3 is 11.1 Å². The van der Waals surface area contributed by atoms with Crippen molar-refractivity contribution < 1.29 is 0 Å². The predicted octanol–water partition coefficient (Wildman–Crippen LogP) is 3.62. The number of rotatable bonds is 5. The average Bonchev–Trinajstić information content (AvgIpc) is 3.02. The molecule has 1 aliphatic rings. The van der Waals surface area contributed by atoms with E-state index in [0.717, 1.165) is 24.3 Å². The first-order chi connectivity index (χ1) is 11.7. The number of nitrogens with two attached hydrogens (primary N) is 1. The lowest BCUT2D eigenvalue weighted by Gasteiger charge is -2.21. The van der Waals surface area contributed by atoms with Crippen LogP contribution in [0.2, 0.25) is 0 Å². The monoisotopic (exact) mass is 342 g/mol. The number of guanidine groups is 1. The number of aryl methyl sites for hydroxylation is 1. The summed E-state index contributed by atoms with van der Waals surface area (Å²) in [6, 6.07) is 11.2. The van der Waals surface area contributed by atoms with E-state index in [4.69, 9.17) is 10.7 Å². The largest absolute Gasteiger partial charge is 0.370 e. The van der Waals surface area contributed by atoms with Crippen LogP contribution in [0.5, 0.6) is 0 Å². The van der Waals surface area contributed by atoms with E-state index < -0.39 is 0 Å². The lowest BCUT2D eigenvalue weighted by atomic mass is 9.85. The predicted molar refractivity (Wildman–Crippen MR) is 102 cm³/mol. The van der Waals surface area contributed by atoms with Gasteiger partial charge in [0.05, 0.1) is 12.2 Å². The summed E-state index contributed by atoms with van der Waals surface area (Å²) >= 11 is 1.80. The van der Waals surface area contributed by atoms with Crippen molar-refractivity contribution in [1.82, 2.24) is 10.3 Å². The van der Waals surface area contributed by atoms with Gasteiger partial charge in [-0.1, -0.05) is 37.3 Å². The molecule has 128 valence electrons. The first-order valence-corrected chi connectivity index (χ1v) is 9.56. The Morgan fingerprint density at radius 3 is 2.96 bits per heavy atom. The van der Waals surface area contributed by atoms with Crippen LogP contribution in [0.3, 0.4) is 0 Å². The van der Waals surface area contributed by atoms with E-state index in [1.807, 2.05) is 0 Å². The summed E-state index contributed by atoms with van der Waals surface area (Å²) in [7, 11) is 0. The van der Waals surface area contributed by atoms with E-state index >= 15 is 0 Å². The van der Waals surface area contributed by atoms with E-state index in [1.165, 1.54) is 22.6 Å². The summed E-state index contributed by atoms with van der Waals surface area (Å²) in [5.41, 5.74) is 8.65. The summed E-state index contributed by atoms with van der Waals surface area (Å²) < 4.78 is 0. The Balaban J connectivity index is 1.64. The van der Waals surface area contributed by atoms with Crippen LogP contribution in [0, 0.1) is 0 Å².